The monoisotopic (exact) mass is 759 g/mol. The van der Waals surface area contributed by atoms with Crippen LogP contribution in [0.2, 0.25) is 0 Å². The van der Waals surface area contributed by atoms with Gasteiger partial charge in [0.05, 0.1) is 18.3 Å². The molecular weight excluding hydrogens is 713 g/mol. The summed E-state index contributed by atoms with van der Waals surface area (Å²) in [6, 6.07) is 1.79. The third kappa shape index (κ3) is 9.23. The molecule has 3 fully saturated rings. The van der Waals surface area contributed by atoms with E-state index in [4.69, 9.17) is 9.47 Å². The number of alkyl carbamates (subject to hydrolysis) is 1. The number of carbonyl (C=O) groups excluding carboxylic acids is 6. The van der Waals surface area contributed by atoms with E-state index in [0.29, 0.717) is 24.0 Å². The molecule has 0 unspecified atom stereocenters. The number of hydrogen-bond acceptors (Lipinski definition) is 10. The number of rotatable bonds is 13. The number of sulfonamides is 1. The fourth-order valence-electron chi connectivity index (χ4n) is 6.58. The first-order chi connectivity index (χ1) is 24.9. The minimum atomic E-state index is -3.97. The number of halogens is 1. The molecule has 17 heteroatoms. The Hall–Kier alpha value is -4.80. The summed E-state index contributed by atoms with van der Waals surface area (Å²) in [4.78, 5) is 82.8. The molecule has 288 valence electrons. The molecule has 15 nitrogen and oxygen atoms in total. The van der Waals surface area contributed by atoms with Crippen molar-refractivity contribution in [1.29, 1.82) is 0 Å². The van der Waals surface area contributed by atoms with Crippen molar-refractivity contribution < 1.29 is 51.0 Å². The molecule has 5 atom stereocenters. The molecule has 1 aromatic carbocycles. The van der Waals surface area contributed by atoms with Gasteiger partial charge in [0, 0.05) is 30.9 Å². The van der Waals surface area contributed by atoms with Crippen LogP contribution < -0.4 is 15.4 Å². The molecule has 2 heterocycles. The van der Waals surface area contributed by atoms with Crippen LogP contribution in [0.5, 0.6) is 0 Å². The zero-order chi connectivity index (χ0) is 38.9. The number of ether oxygens (including phenoxy) is 2. The number of hydrogen-bond donors (Lipinski definition) is 3. The third-order valence-electron chi connectivity index (χ3n) is 9.57. The lowest BCUT2D eigenvalue weighted by Crippen LogP contribution is -2.58. The van der Waals surface area contributed by atoms with Crippen LogP contribution in [0.4, 0.5) is 14.0 Å². The van der Waals surface area contributed by atoms with E-state index in [1.165, 1.54) is 35.3 Å². The highest BCUT2D eigenvalue weighted by atomic mass is 32.2. The molecule has 1 saturated heterocycles. The van der Waals surface area contributed by atoms with Crippen molar-refractivity contribution in [3.05, 3.63) is 60.0 Å². The molecule has 4 aliphatic rings. The van der Waals surface area contributed by atoms with Gasteiger partial charge in [-0.25, -0.2) is 22.4 Å². The number of ketones is 1. The molecule has 1 aromatic rings. The van der Waals surface area contributed by atoms with E-state index in [1.54, 1.807) is 33.8 Å². The average molecular weight is 760 g/mol. The fourth-order valence-corrected chi connectivity index (χ4v) is 7.95. The van der Waals surface area contributed by atoms with Crippen LogP contribution in [0.3, 0.4) is 0 Å². The predicted molar refractivity (Wildman–Crippen MR) is 188 cm³/mol. The van der Waals surface area contributed by atoms with Gasteiger partial charge >= 0.3 is 12.2 Å². The summed E-state index contributed by atoms with van der Waals surface area (Å²) in [6.07, 6.45) is 1.77. The van der Waals surface area contributed by atoms with E-state index in [9.17, 15) is 41.6 Å². The van der Waals surface area contributed by atoms with Gasteiger partial charge in [-0.3, -0.25) is 28.8 Å². The average Bonchev–Trinajstić information content (AvgIpc) is 3.96. The van der Waals surface area contributed by atoms with Crippen molar-refractivity contribution in [3.8, 4) is 0 Å². The van der Waals surface area contributed by atoms with Crippen LogP contribution in [0.1, 0.15) is 77.3 Å². The molecule has 0 aromatic heterocycles. The second-order valence-electron chi connectivity index (χ2n) is 14.9. The van der Waals surface area contributed by atoms with Gasteiger partial charge < -0.3 is 25.0 Å². The first kappa shape index (κ1) is 39.4. The summed E-state index contributed by atoms with van der Waals surface area (Å²) >= 11 is 0. The van der Waals surface area contributed by atoms with Crippen molar-refractivity contribution in [2.75, 3.05) is 6.54 Å². The molecule has 3 N–H and O–H groups in total. The number of nitrogens with zero attached hydrogens (tertiary/aromatic N) is 2. The summed E-state index contributed by atoms with van der Waals surface area (Å²) in [5.74, 6) is -3.96. The smallest absolute Gasteiger partial charge is 0.410 e. The molecule has 2 aliphatic carbocycles. The summed E-state index contributed by atoms with van der Waals surface area (Å²) in [6.45, 7) is 9.95. The van der Waals surface area contributed by atoms with Crippen molar-refractivity contribution >= 4 is 45.7 Å². The number of allylic oxidation sites excluding steroid dienone is 2. The van der Waals surface area contributed by atoms with Gasteiger partial charge in [0.2, 0.25) is 21.8 Å². The van der Waals surface area contributed by atoms with E-state index in [1.807, 2.05) is 0 Å². The third-order valence-corrected chi connectivity index (χ3v) is 11.4. The lowest BCUT2D eigenvalue weighted by Gasteiger charge is -2.30. The maximum absolute atomic E-state index is 14.4. The normalized spacial score (nSPS) is 24.2. The Balaban J connectivity index is 1.39. The van der Waals surface area contributed by atoms with Crippen molar-refractivity contribution in [2.24, 2.45) is 5.92 Å². The summed E-state index contributed by atoms with van der Waals surface area (Å²) in [5.41, 5.74) is -1.64. The fraction of sp³-hybridized carbons (Fsp3) is 0.556. The predicted octanol–water partition coefficient (Wildman–Crippen LogP) is 2.74. The minimum absolute atomic E-state index is 0.0490. The van der Waals surface area contributed by atoms with E-state index in [0.717, 1.165) is 4.90 Å². The van der Waals surface area contributed by atoms with Gasteiger partial charge in [0.25, 0.3) is 5.91 Å². The van der Waals surface area contributed by atoms with Gasteiger partial charge in [-0.1, -0.05) is 24.3 Å². The lowest BCUT2D eigenvalue weighted by molar-refractivity contribution is -0.141. The topological polar surface area (TPSA) is 198 Å². The van der Waals surface area contributed by atoms with E-state index in [2.05, 4.69) is 21.9 Å². The standard InChI is InChI=1S/C36H46FN5O10S/c1-6-9-23(43)12-15-28(38-33(47)52-35(3,4)5)31(45)42-19-24(51-34(48)41-18-21-10-8-11-27(37)26(21)20-41)16-29(42)30(44)39-36(17-22(36)7-2)32(46)40-53(49,50)25-13-14-25/h6-11,22,24-25,28-29H,2,12-20H2,1,3-5H3,(H,38,47)(H,39,44)(H,40,46)/t22-,24-,28+,29+,36-/m1/s1. The van der Waals surface area contributed by atoms with Crippen LogP contribution in [0, 0.1) is 11.7 Å². The van der Waals surface area contributed by atoms with Gasteiger partial charge in [-0.15, -0.1) is 6.58 Å². The zero-order valence-electron chi connectivity index (χ0n) is 30.2. The Kier molecular flexibility index (Phi) is 11.4. The molecule has 5 amide bonds. The molecular formula is C36H46FN5O10S. The number of nitrogens with one attached hydrogen (secondary N) is 3. The van der Waals surface area contributed by atoms with Crippen LogP contribution in [0.25, 0.3) is 0 Å². The number of carbonyl (C=O) groups is 6. The molecule has 0 spiro atoms. The highest BCUT2D eigenvalue weighted by Crippen LogP contribution is 2.45. The Morgan fingerprint density at radius 1 is 1.13 bits per heavy atom. The Labute approximate surface area is 307 Å². The Bertz CT molecular complexity index is 1820. The summed E-state index contributed by atoms with van der Waals surface area (Å²) in [5, 5.41) is 4.46. The lowest BCUT2D eigenvalue weighted by atomic mass is 10.1. The van der Waals surface area contributed by atoms with Crippen LogP contribution in [0.15, 0.2) is 43.0 Å². The molecule has 2 saturated carbocycles. The maximum Gasteiger partial charge on any atom is 0.410 e. The van der Waals surface area contributed by atoms with E-state index in [-0.39, 0.29) is 51.1 Å². The first-order valence-corrected chi connectivity index (χ1v) is 19.1. The number of benzene rings is 1. The van der Waals surface area contributed by atoms with Crippen molar-refractivity contribution in [3.63, 3.8) is 0 Å². The van der Waals surface area contributed by atoms with Crippen LogP contribution >= 0.6 is 0 Å². The molecule has 53 heavy (non-hydrogen) atoms. The SMILES string of the molecule is C=C[C@@H]1C[C@]1(NC(=O)[C@@H]1C[C@@H](OC(=O)N2Cc3cccc(F)c3C2)CN1C(=O)[C@H](CCC(=O)C=CC)NC(=O)OC(C)(C)C)C(=O)NS(=O)(=O)C1CC1. The van der Waals surface area contributed by atoms with Gasteiger partial charge in [0.15, 0.2) is 5.78 Å². The Morgan fingerprint density at radius 2 is 1.85 bits per heavy atom. The number of fused-ring (bicyclic) bond motifs is 1. The second kappa shape index (κ2) is 15.3. The second-order valence-corrected chi connectivity index (χ2v) is 16.8. The molecule has 5 rings (SSSR count). The van der Waals surface area contributed by atoms with Gasteiger partial charge in [-0.2, -0.15) is 0 Å². The largest absolute Gasteiger partial charge is 0.444 e. The maximum atomic E-state index is 14.4. The van der Waals surface area contributed by atoms with Gasteiger partial charge in [-0.05, 0) is 71.1 Å². The number of amides is 5. The van der Waals surface area contributed by atoms with Crippen molar-refractivity contribution in [2.45, 2.75) is 114 Å². The van der Waals surface area contributed by atoms with Crippen LogP contribution in [-0.2, 0) is 51.8 Å². The van der Waals surface area contributed by atoms with E-state index < -0.39 is 86.2 Å². The van der Waals surface area contributed by atoms with E-state index >= 15 is 0 Å². The quantitative estimate of drug-likeness (QED) is 0.199. The Morgan fingerprint density at radius 3 is 2.45 bits per heavy atom. The highest BCUT2D eigenvalue weighted by molar-refractivity contribution is 7.91. The highest BCUT2D eigenvalue weighted by Gasteiger charge is 2.62. The molecule has 0 bridgehead atoms. The first-order valence-electron chi connectivity index (χ1n) is 17.6. The minimum Gasteiger partial charge on any atom is -0.444 e. The van der Waals surface area contributed by atoms with Crippen molar-refractivity contribution in [1.82, 2.24) is 25.2 Å². The molecule has 2 aliphatic heterocycles. The van der Waals surface area contributed by atoms with Gasteiger partial charge in [0.1, 0.15) is 35.1 Å². The summed E-state index contributed by atoms with van der Waals surface area (Å²) in [7, 11) is -3.97. The zero-order valence-corrected chi connectivity index (χ0v) is 31.0. The number of likely N-dealkylation sites (tertiary alicyclic amines) is 1. The molecule has 0 radical (unpaired) electrons. The summed E-state index contributed by atoms with van der Waals surface area (Å²) < 4.78 is 52.9. The van der Waals surface area contributed by atoms with Crippen LogP contribution in [-0.4, -0.2) is 95.0 Å².